The summed E-state index contributed by atoms with van der Waals surface area (Å²) in [6.45, 7) is 11.9. The first kappa shape index (κ1) is 25.7. The zero-order chi connectivity index (χ0) is 24.8. The Hall–Kier alpha value is -2.94. The van der Waals surface area contributed by atoms with Gasteiger partial charge >= 0.3 is 0 Å². The zero-order valence-corrected chi connectivity index (χ0v) is 20.8. The minimum atomic E-state index is -0.562. The van der Waals surface area contributed by atoms with Gasteiger partial charge in [0.05, 0.1) is 24.3 Å². The third-order valence-electron chi connectivity index (χ3n) is 6.16. The Morgan fingerprint density at radius 1 is 1.21 bits per heavy atom. The number of morpholine rings is 1. The third-order valence-corrected chi connectivity index (χ3v) is 6.16. The number of anilines is 4. The summed E-state index contributed by atoms with van der Waals surface area (Å²) in [5, 5.41) is 6.21. The second-order valence-corrected chi connectivity index (χ2v) is 8.87. The molecule has 186 valence electrons. The maximum absolute atomic E-state index is 14.3. The van der Waals surface area contributed by atoms with E-state index in [0.717, 1.165) is 43.4 Å². The van der Waals surface area contributed by atoms with E-state index in [0.29, 0.717) is 6.42 Å². The Labute approximate surface area is 201 Å². The van der Waals surface area contributed by atoms with Gasteiger partial charge in [-0.1, -0.05) is 20.3 Å². The van der Waals surface area contributed by atoms with Gasteiger partial charge in [-0.15, -0.1) is 0 Å². The molecule has 34 heavy (non-hydrogen) atoms. The number of halogens is 1. The van der Waals surface area contributed by atoms with Gasteiger partial charge in [-0.3, -0.25) is 4.79 Å². The molecule has 1 aromatic carbocycles. The van der Waals surface area contributed by atoms with Crippen molar-refractivity contribution in [1.82, 2.24) is 9.97 Å². The van der Waals surface area contributed by atoms with Gasteiger partial charge in [0.25, 0.3) is 0 Å². The van der Waals surface area contributed by atoms with Crippen molar-refractivity contribution in [3.63, 3.8) is 0 Å². The number of nitrogens with one attached hydrogen (secondary N) is 2. The summed E-state index contributed by atoms with van der Waals surface area (Å²) in [6.07, 6.45) is 3.82. The first-order chi connectivity index (χ1) is 16.3. The number of nitrogens with zero attached hydrogens (tertiary/aromatic N) is 3. The van der Waals surface area contributed by atoms with E-state index in [2.05, 4.69) is 52.3 Å². The Balaban J connectivity index is 0.00000158. The van der Waals surface area contributed by atoms with Crippen LogP contribution in [0.4, 0.5) is 27.5 Å². The fourth-order valence-corrected chi connectivity index (χ4v) is 4.77. The number of carbonyl (C=O) groups excluding carboxylic acids is 1. The normalized spacial score (nSPS) is 24.2. The molecule has 2 heterocycles. The monoisotopic (exact) mass is 472 g/mol. The van der Waals surface area contributed by atoms with E-state index in [9.17, 15) is 9.18 Å². The van der Waals surface area contributed by atoms with Gasteiger partial charge < -0.3 is 26.0 Å². The van der Waals surface area contributed by atoms with E-state index >= 15 is 0 Å². The molecule has 1 aromatic heterocycles. The summed E-state index contributed by atoms with van der Waals surface area (Å²) in [5.74, 6) is -0.893. The lowest BCUT2D eigenvalue weighted by atomic mass is 10.0. The average molecular weight is 473 g/mol. The quantitative estimate of drug-likeness (QED) is 0.573. The van der Waals surface area contributed by atoms with Gasteiger partial charge in [0, 0.05) is 30.5 Å². The van der Waals surface area contributed by atoms with Crippen molar-refractivity contribution >= 4 is 29.0 Å². The second-order valence-electron chi connectivity index (χ2n) is 8.87. The standard InChI is InChI=1S/C23H31FN6O2.C2H6/c1-13-9-16(7-8-20(13)30-11-14(2)32-15(3)12-30)27-23-26-10-18(24)22(29-23)28-19-6-4-5-17(19)21(25)31;1-2/h7-10,14-15,17,19H,4-6,11-12H2,1-3H3,(H2,25,31)(H2,26,27,28,29);1-2H3. The van der Waals surface area contributed by atoms with Crippen LogP contribution in [0.1, 0.15) is 52.5 Å². The third kappa shape index (κ3) is 6.14. The van der Waals surface area contributed by atoms with Gasteiger partial charge in [-0.05, 0) is 57.4 Å². The Kier molecular flexibility index (Phi) is 8.66. The van der Waals surface area contributed by atoms with Gasteiger partial charge in [0.2, 0.25) is 11.9 Å². The number of ether oxygens (including phenoxy) is 1. The summed E-state index contributed by atoms with van der Waals surface area (Å²) in [7, 11) is 0. The molecule has 0 radical (unpaired) electrons. The van der Waals surface area contributed by atoms with Crippen molar-refractivity contribution in [1.29, 1.82) is 0 Å². The van der Waals surface area contributed by atoms with Crippen molar-refractivity contribution in [3.8, 4) is 0 Å². The summed E-state index contributed by atoms with van der Waals surface area (Å²) in [6, 6.07) is 5.85. The smallest absolute Gasteiger partial charge is 0.229 e. The number of amides is 1. The highest BCUT2D eigenvalue weighted by Crippen LogP contribution is 2.30. The molecule has 1 saturated heterocycles. The lowest BCUT2D eigenvalue weighted by Gasteiger charge is -2.37. The maximum atomic E-state index is 14.3. The van der Waals surface area contributed by atoms with E-state index in [4.69, 9.17) is 10.5 Å². The van der Waals surface area contributed by atoms with E-state index in [1.165, 1.54) is 5.69 Å². The average Bonchev–Trinajstić information content (AvgIpc) is 3.25. The number of rotatable bonds is 6. The van der Waals surface area contributed by atoms with Gasteiger partial charge in [0.15, 0.2) is 11.6 Å². The maximum Gasteiger partial charge on any atom is 0.229 e. The van der Waals surface area contributed by atoms with E-state index < -0.39 is 5.82 Å². The Morgan fingerprint density at radius 2 is 1.91 bits per heavy atom. The highest BCUT2D eigenvalue weighted by Gasteiger charge is 2.32. The number of primary amides is 1. The predicted molar refractivity (Wildman–Crippen MR) is 134 cm³/mol. The second kappa shape index (κ2) is 11.5. The highest BCUT2D eigenvalue weighted by atomic mass is 19.1. The first-order valence-corrected chi connectivity index (χ1v) is 12.2. The molecule has 4 rings (SSSR count). The number of benzene rings is 1. The lowest BCUT2D eigenvalue weighted by molar-refractivity contribution is -0.121. The molecule has 0 bridgehead atoms. The van der Waals surface area contributed by atoms with Gasteiger partial charge in [0.1, 0.15) is 0 Å². The molecule has 1 aliphatic carbocycles. The molecular weight excluding hydrogens is 435 g/mol. The van der Waals surface area contributed by atoms with Crippen molar-refractivity contribution in [2.24, 2.45) is 11.7 Å². The topological polar surface area (TPSA) is 105 Å². The van der Waals surface area contributed by atoms with Gasteiger partial charge in [-0.2, -0.15) is 4.98 Å². The number of hydrogen-bond acceptors (Lipinski definition) is 7. The highest BCUT2D eigenvalue weighted by molar-refractivity contribution is 5.78. The van der Waals surface area contributed by atoms with Crippen molar-refractivity contribution in [2.75, 3.05) is 28.6 Å². The fourth-order valence-electron chi connectivity index (χ4n) is 4.77. The minimum Gasteiger partial charge on any atom is -0.372 e. The van der Waals surface area contributed by atoms with E-state index in [1.807, 2.05) is 26.0 Å². The Bertz CT molecular complexity index is 978. The lowest BCUT2D eigenvalue weighted by Crippen LogP contribution is -2.45. The largest absolute Gasteiger partial charge is 0.372 e. The summed E-state index contributed by atoms with van der Waals surface area (Å²) < 4.78 is 20.2. The van der Waals surface area contributed by atoms with Crippen LogP contribution in [0.25, 0.3) is 0 Å². The Morgan fingerprint density at radius 3 is 2.56 bits per heavy atom. The SMILES string of the molecule is CC.Cc1cc(Nc2ncc(F)c(NC3CCCC3C(N)=O)n2)ccc1N1CC(C)OC(C)C1. The number of nitrogens with two attached hydrogens (primary N) is 1. The van der Waals surface area contributed by atoms with Gasteiger partial charge in [-0.25, -0.2) is 9.37 Å². The molecule has 9 heteroatoms. The van der Waals surface area contributed by atoms with E-state index in [-0.39, 0.29) is 41.8 Å². The van der Waals surface area contributed by atoms with Crippen molar-refractivity contribution in [2.45, 2.75) is 72.1 Å². The summed E-state index contributed by atoms with van der Waals surface area (Å²) >= 11 is 0. The predicted octanol–water partition coefficient (Wildman–Crippen LogP) is 4.37. The number of aromatic nitrogens is 2. The van der Waals surface area contributed by atoms with Crippen LogP contribution < -0.4 is 21.3 Å². The molecule has 4 unspecified atom stereocenters. The molecular formula is C25H37FN6O2. The van der Waals surface area contributed by atoms with E-state index in [1.54, 1.807) is 0 Å². The van der Waals surface area contributed by atoms with Crippen LogP contribution in [0, 0.1) is 18.7 Å². The molecule has 2 fully saturated rings. The van der Waals surface area contributed by atoms with Crippen LogP contribution in [-0.4, -0.2) is 47.2 Å². The molecule has 2 aromatic rings. The molecule has 8 nitrogen and oxygen atoms in total. The van der Waals surface area contributed by atoms with Crippen LogP contribution in [0.2, 0.25) is 0 Å². The summed E-state index contributed by atoms with van der Waals surface area (Å²) in [4.78, 5) is 22.3. The molecule has 2 aliphatic rings. The zero-order valence-electron chi connectivity index (χ0n) is 20.8. The molecule has 4 atom stereocenters. The fraction of sp³-hybridized carbons (Fsp3) is 0.560. The van der Waals surface area contributed by atoms with Crippen LogP contribution in [0.3, 0.4) is 0 Å². The molecule has 4 N–H and O–H groups in total. The molecule has 0 spiro atoms. The number of carbonyl (C=O) groups is 1. The van der Waals surface area contributed by atoms with Crippen LogP contribution in [-0.2, 0) is 9.53 Å². The van der Waals surface area contributed by atoms with Crippen LogP contribution in [0.5, 0.6) is 0 Å². The molecule has 1 saturated carbocycles. The van der Waals surface area contributed by atoms with Crippen molar-refractivity contribution < 1.29 is 13.9 Å². The number of aryl methyl sites for hydroxylation is 1. The molecule has 1 aliphatic heterocycles. The van der Waals surface area contributed by atoms with Crippen molar-refractivity contribution in [3.05, 3.63) is 35.8 Å². The molecule has 1 amide bonds. The minimum absolute atomic E-state index is 0.0743. The van der Waals surface area contributed by atoms with Crippen LogP contribution in [0.15, 0.2) is 24.4 Å². The summed E-state index contributed by atoms with van der Waals surface area (Å²) in [5.41, 5.74) is 8.58. The van der Waals surface area contributed by atoms with Crippen LogP contribution >= 0.6 is 0 Å². The first-order valence-electron chi connectivity index (χ1n) is 12.2. The number of hydrogen-bond donors (Lipinski definition) is 3.